The number of aliphatic hydroxyl groups excluding tert-OH is 1. The zero-order valence-electron chi connectivity index (χ0n) is 12.4. The van der Waals surface area contributed by atoms with E-state index < -0.39 is 0 Å². The van der Waals surface area contributed by atoms with Crippen molar-refractivity contribution in [2.45, 2.75) is 33.1 Å². The van der Waals surface area contributed by atoms with Crippen molar-refractivity contribution in [3.8, 4) is 0 Å². The maximum absolute atomic E-state index is 11.7. The standard InChI is InChI=1S/C14H29N3O2/c1-3-17(11-12-18)14(19)15-7-4-8-16-9-5-13(2)6-10-16/h13,18H,3-12H2,1-2H3,(H,15,19). The SMILES string of the molecule is CCN(CCO)C(=O)NCCCN1CCC(C)CC1. The van der Waals surface area contributed by atoms with Gasteiger partial charge in [-0.3, -0.25) is 0 Å². The quantitative estimate of drug-likeness (QED) is 0.683. The molecule has 2 N–H and O–H groups in total. The zero-order chi connectivity index (χ0) is 14.1. The molecule has 0 radical (unpaired) electrons. The summed E-state index contributed by atoms with van der Waals surface area (Å²) >= 11 is 0. The molecule has 0 aliphatic carbocycles. The molecule has 1 fully saturated rings. The third-order valence-electron chi connectivity index (χ3n) is 3.84. The summed E-state index contributed by atoms with van der Waals surface area (Å²) in [6, 6.07) is -0.0659. The van der Waals surface area contributed by atoms with E-state index >= 15 is 0 Å². The molecule has 0 aromatic rings. The van der Waals surface area contributed by atoms with Gasteiger partial charge in [-0.2, -0.15) is 0 Å². The average Bonchev–Trinajstić information content (AvgIpc) is 2.42. The van der Waals surface area contributed by atoms with E-state index in [4.69, 9.17) is 5.11 Å². The van der Waals surface area contributed by atoms with Crippen LogP contribution in [0.25, 0.3) is 0 Å². The Labute approximate surface area is 117 Å². The van der Waals surface area contributed by atoms with E-state index in [1.54, 1.807) is 4.90 Å². The first-order valence-electron chi connectivity index (χ1n) is 7.53. The van der Waals surface area contributed by atoms with Crippen molar-refractivity contribution in [3.63, 3.8) is 0 Å². The van der Waals surface area contributed by atoms with Gasteiger partial charge in [-0.1, -0.05) is 6.92 Å². The van der Waals surface area contributed by atoms with Gasteiger partial charge in [-0.25, -0.2) is 4.79 Å². The van der Waals surface area contributed by atoms with E-state index in [-0.39, 0.29) is 12.6 Å². The Balaban J connectivity index is 2.08. The predicted molar refractivity (Wildman–Crippen MR) is 77.2 cm³/mol. The van der Waals surface area contributed by atoms with Gasteiger partial charge >= 0.3 is 6.03 Å². The number of hydrogen-bond acceptors (Lipinski definition) is 3. The molecule has 1 saturated heterocycles. The van der Waals surface area contributed by atoms with E-state index in [2.05, 4.69) is 17.1 Å². The molecular formula is C14H29N3O2. The Morgan fingerprint density at radius 2 is 2.11 bits per heavy atom. The highest BCUT2D eigenvalue weighted by atomic mass is 16.3. The molecule has 112 valence electrons. The fraction of sp³-hybridized carbons (Fsp3) is 0.929. The van der Waals surface area contributed by atoms with Crippen LogP contribution in [0.15, 0.2) is 0 Å². The smallest absolute Gasteiger partial charge is 0.317 e. The lowest BCUT2D eigenvalue weighted by Gasteiger charge is -2.30. The first kappa shape index (κ1) is 16.2. The first-order valence-corrected chi connectivity index (χ1v) is 7.53. The third-order valence-corrected chi connectivity index (χ3v) is 3.84. The summed E-state index contributed by atoms with van der Waals surface area (Å²) in [4.78, 5) is 15.9. The summed E-state index contributed by atoms with van der Waals surface area (Å²) in [6.07, 6.45) is 3.59. The van der Waals surface area contributed by atoms with E-state index in [1.807, 2.05) is 6.92 Å². The molecule has 0 spiro atoms. The Morgan fingerprint density at radius 3 is 2.68 bits per heavy atom. The molecule has 0 bridgehead atoms. The number of likely N-dealkylation sites (tertiary alicyclic amines) is 1. The summed E-state index contributed by atoms with van der Waals surface area (Å²) in [5.74, 6) is 0.868. The molecule has 0 aromatic heterocycles. The van der Waals surface area contributed by atoms with Crippen LogP contribution in [-0.4, -0.2) is 66.8 Å². The summed E-state index contributed by atoms with van der Waals surface area (Å²) in [6.45, 7) is 9.48. The second kappa shape index (κ2) is 9.15. The zero-order valence-corrected chi connectivity index (χ0v) is 12.4. The Bertz CT molecular complexity index is 253. The topological polar surface area (TPSA) is 55.8 Å². The van der Waals surface area contributed by atoms with Crippen molar-refractivity contribution >= 4 is 6.03 Å². The molecule has 1 heterocycles. The molecule has 5 heteroatoms. The van der Waals surface area contributed by atoms with Crippen LogP contribution in [-0.2, 0) is 0 Å². The number of piperidine rings is 1. The number of nitrogens with one attached hydrogen (secondary N) is 1. The van der Waals surface area contributed by atoms with E-state index in [9.17, 15) is 4.79 Å². The molecule has 0 unspecified atom stereocenters. The second-order valence-electron chi connectivity index (χ2n) is 5.41. The second-order valence-corrected chi connectivity index (χ2v) is 5.41. The fourth-order valence-corrected chi connectivity index (χ4v) is 2.42. The number of likely N-dealkylation sites (N-methyl/N-ethyl adjacent to an activating group) is 1. The van der Waals surface area contributed by atoms with Crippen molar-refractivity contribution in [2.75, 3.05) is 45.9 Å². The summed E-state index contributed by atoms with van der Waals surface area (Å²) in [5.41, 5.74) is 0. The largest absolute Gasteiger partial charge is 0.395 e. The highest BCUT2D eigenvalue weighted by molar-refractivity contribution is 5.74. The van der Waals surface area contributed by atoms with Gasteiger partial charge in [-0.05, 0) is 51.7 Å². The number of rotatable bonds is 7. The molecular weight excluding hydrogens is 242 g/mol. The molecule has 1 rings (SSSR count). The molecule has 2 amide bonds. The van der Waals surface area contributed by atoms with E-state index in [1.165, 1.54) is 25.9 Å². The van der Waals surface area contributed by atoms with Crippen molar-refractivity contribution in [2.24, 2.45) is 5.92 Å². The summed E-state index contributed by atoms with van der Waals surface area (Å²) < 4.78 is 0. The predicted octanol–water partition coefficient (Wildman–Crippen LogP) is 1.13. The average molecular weight is 271 g/mol. The molecule has 0 atom stereocenters. The van der Waals surface area contributed by atoms with Crippen molar-refractivity contribution in [1.82, 2.24) is 15.1 Å². The monoisotopic (exact) mass is 271 g/mol. The van der Waals surface area contributed by atoms with Crippen molar-refractivity contribution in [3.05, 3.63) is 0 Å². The number of amides is 2. The van der Waals surface area contributed by atoms with Gasteiger partial charge in [0.2, 0.25) is 0 Å². The van der Waals surface area contributed by atoms with Gasteiger partial charge in [-0.15, -0.1) is 0 Å². The maximum atomic E-state index is 11.7. The van der Waals surface area contributed by atoms with Crippen molar-refractivity contribution in [1.29, 1.82) is 0 Å². The lowest BCUT2D eigenvalue weighted by molar-refractivity contribution is 0.176. The van der Waals surface area contributed by atoms with Crippen LogP contribution < -0.4 is 5.32 Å². The van der Waals surface area contributed by atoms with Gasteiger partial charge in [0.25, 0.3) is 0 Å². The fourth-order valence-electron chi connectivity index (χ4n) is 2.42. The van der Waals surface area contributed by atoms with Crippen LogP contribution in [0.2, 0.25) is 0 Å². The third kappa shape index (κ3) is 6.25. The molecule has 1 aliphatic heterocycles. The minimum absolute atomic E-state index is 0.0211. The lowest BCUT2D eigenvalue weighted by atomic mass is 9.99. The van der Waals surface area contributed by atoms with Gasteiger partial charge in [0.15, 0.2) is 0 Å². The number of aliphatic hydroxyl groups is 1. The molecule has 0 aromatic carbocycles. The number of carbonyl (C=O) groups excluding carboxylic acids is 1. The van der Waals surface area contributed by atoms with Crippen LogP contribution in [0.3, 0.4) is 0 Å². The lowest BCUT2D eigenvalue weighted by Crippen LogP contribution is -2.42. The Kier molecular flexibility index (Phi) is 7.82. The van der Waals surface area contributed by atoms with Gasteiger partial charge < -0.3 is 20.2 Å². The van der Waals surface area contributed by atoms with Gasteiger partial charge in [0.1, 0.15) is 0 Å². The van der Waals surface area contributed by atoms with Crippen LogP contribution >= 0.6 is 0 Å². The Hall–Kier alpha value is -0.810. The van der Waals surface area contributed by atoms with E-state index in [0.29, 0.717) is 19.6 Å². The van der Waals surface area contributed by atoms with Crippen LogP contribution in [0.4, 0.5) is 4.79 Å². The number of nitrogens with zero attached hydrogens (tertiary/aromatic N) is 2. The minimum atomic E-state index is -0.0659. The van der Waals surface area contributed by atoms with Crippen LogP contribution in [0, 0.1) is 5.92 Å². The molecule has 0 saturated carbocycles. The highest BCUT2D eigenvalue weighted by Crippen LogP contribution is 2.15. The molecule has 1 aliphatic rings. The normalized spacial score (nSPS) is 17.4. The Morgan fingerprint density at radius 1 is 1.42 bits per heavy atom. The number of urea groups is 1. The van der Waals surface area contributed by atoms with Crippen LogP contribution in [0.5, 0.6) is 0 Å². The van der Waals surface area contributed by atoms with Crippen molar-refractivity contribution < 1.29 is 9.90 Å². The van der Waals surface area contributed by atoms with Crippen LogP contribution in [0.1, 0.15) is 33.1 Å². The van der Waals surface area contributed by atoms with Gasteiger partial charge in [0.05, 0.1) is 6.61 Å². The maximum Gasteiger partial charge on any atom is 0.317 e. The molecule has 5 nitrogen and oxygen atoms in total. The number of hydrogen-bond donors (Lipinski definition) is 2. The number of carbonyl (C=O) groups is 1. The highest BCUT2D eigenvalue weighted by Gasteiger charge is 2.15. The summed E-state index contributed by atoms with van der Waals surface area (Å²) in [7, 11) is 0. The minimum Gasteiger partial charge on any atom is -0.395 e. The van der Waals surface area contributed by atoms with E-state index in [0.717, 1.165) is 18.9 Å². The van der Waals surface area contributed by atoms with Gasteiger partial charge in [0, 0.05) is 19.6 Å². The first-order chi connectivity index (χ1) is 9.17. The summed E-state index contributed by atoms with van der Waals surface area (Å²) in [5, 5.41) is 11.8. The molecule has 19 heavy (non-hydrogen) atoms.